The van der Waals surface area contributed by atoms with Crippen LogP contribution in [0.25, 0.3) is 0 Å². The molecule has 1 heterocycles. The van der Waals surface area contributed by atoms with Gasteiger partial charge in [0.15, 0.2) is 11.5 Å². The standard InChI is InChI=1S/C36H34N2O4S/c1-41-35-16-13-31(24-36(35)42-33-22-29-9-5-6-10-30(29)23-33)34(21-26-17-19-37-20-18-26)28-11-14-32(15-12-28)38-43(39,40)25-27-7-3-2-4-8-27/h2-20,24,33-34,38H,21-23,25H2,1H3/t34-/m1/s1. The van der Waals surface area contributed by atoms with Crippen LogP contribution in [0.15, 0.2) is 122 Å². The van der Waals surface area contributed by atoms with Crippen molar-refractivity contribution in [3.63, 3.8) is 0 Å². The van der Waals surface area contributed by atoms with Crippen molar-refractivity contribution in [2.75, 3.05) is 11.8 Å². The van der Waals surface area contributed by atoms with Gasteiger partial charge in [0, 0.05) is 36.8 Å². The Morgan fingerprint density at radius 2 is 1.42 bits per heavy atom. The molecule has 218 valence electrons. The first-order valence-corrected chi connectivity index (χ1v) is 16.1. The molecule has 1 aliphatic rings. The van der Waals surface area contributed by atoms with Crippen LogP contribution in [0.2, 0.25) is 0 Å². The summed E-state index contributed by atoms with van der Waals surface area (Å²) in [4.78, 5) is 4.18. The molecule has 0 saturated carbocycles. The molecular formula is C36H34N2O4S. The first-order valence-electron chi connectivity index (χ1n) is 14.4. The molecule has 6 nitrogen and oxygen atoms in total. The molecule has 43 heavy (non-hydrogen) atoms. The number of methoxy groups -OCH3 is 1. The summed E-state index contributed by atoms with van der Waals surface area (Å²) in [5.41, 5.74) is 7.23. The Balaban J connectivity index is 1.26. The zero-order chi connectivity index (χ0) is 29.6. The van der Waals surface area contributed by atoms with Gasteiger partial charge in [0.1, 0.15) is 6.10 Å². The quantitative estimate of drug-likeness (QED) is 0.180. The van der Waals surface area contributed by atoms with Crippen LogP contribution < -0.4 is 14.2 Å². The lowest BCUT2D eigenvalue weighted by Crippen LogP contribution is -2.17. The van der Waals surface area contributed by atoms with E-state index in [-0.39, 0.29) is 17.8 Å². The van der Waals surface area contributed by atoms with Gasteiger partial charge in [-0.25, -0.2) is 8.42 Å². The molecule has 0 spiro atoms. The van der Waals surface area contributed by atoms with Crippen molar-refractivity contribution in [2.45, 2.75) is 37.0 Å². The van der Waals surface area contributed by atoms with Gasteiger partial charge in [0.25, 0.3) is 0 Å². The molecule has 1 N–H and O–H groups in total. The van der Waals surface area contributed by atoms with Gasteiger partial charge in [-0.2, -0.15) is 0 Å². The second-order valence-corrected chi connectivity index (χ2v) is 12.6. The Hall–Kier alpha value is -4.62. The van der Waals surface area contributed by atoms with Crippen molar-refractivity contribution in [1.82, 2.24) is 4.98 Å². The highest BCUT2D eigenvalue weighted by Gasteiger charge is 2.25. The van der Waals surface area contributed by atoms with Crippen molar-refractivity contribution in [3.05, 3.63) is 155 Å². The van der Waals surface area contributed by atoms with Crippen LogP contribution in [-0.2, 0) is 35.0 Å². The number of pyridine rings is 1. The Kier molecular flexibility index (Phi) is 8.43. The van der Waals surface area contributed by atoms with E-state index in [2.05, 4.69) is 46.1 Å². The fourth-order valence-electron chi connectivity index (χ4n) is 5.76. The number of sulfonamides is 1. The summed E-state index contributed by atoms with van der Waals surface area (Å²) in [5.74, 6) is 1.33. The van der Waals surface area contributed by atoms with Gasteiger partial charge in [0.05, 0.1) is 12.9 Å². The summed E-state index contributed by atoms with van der Waals surface area (Å²) in [6.07, 6.45) is 6.12. The minimum absolute atomic E-state index is 0.00796. The van der Waals surface area contributed by atoms with Crippen LogP contribution in [-0.4, -0.2) is 26.6 Å². The van der Waals surface area contributed by atoms with Crippen LogP contribution >= 0.6 is 0 Å². The number of rotatable bonds is 11. The van der Waals surface area contributed by atoms with E-state index in [1.807, 2.05) is 72.8 Å². The van der Waals surface area contributed by atoms with Gasteiger partial charge in [-0.15, -0.1) is 0 Å². The predicted molar refractivity (Wildman–Crippen MR) is 170 cm³/mol. The van der Waals surface area contributed by atoms with Crippen LogP contribution in [0, 0.1) is 0 Å². The average Bonchev–Trinajstić information content (AvgIpc) is 3.43. The van der Waals surface area contributed by atoms with Gasteiger partial charge in [-0.1, -0.05) is 72.8 Å². The summed E-state index contributed by atoms with van der Waals surface area (Å²) < 4.78 is 40.6. The molecule has 1 atom stereocenters. The molecule has 6 rings (SSSR count). The molecule has 0 amide bonds. The lowest BCUT2D eigenvalue weighted by Gasteiger charge is -2.22. The lowest BCUT2D eigenvalue weighted by molar-refractivity contribution is 0.204. The molecule has 4 aromatic carbocycles. The van der Waals surface area contributed by atoms with Crippen LogP contribution in [0.1, 0.15) is 39.3 Å². The van der Waals surface area contributed by atoms with E-state index < -0.39 is 10.0 Å². The Morgan fingerprint density at radius 1 is 0.767 bits per heavy atom. The number of fused-ring (bicyclic) bond motifs is 1. The summed E-state index contributed by atoms with van der Waals surface area (Å²) >= 11 is 0. The number of hydrogen-bond acceptors (Lipinski definition) is 5. The monoisotopic (exact) mass is 590 g/mol. The molecule has 0 aliphatic heterocycles. The SMILES string of the molecule is COc1ccc([C@H](Cc2ccncc2)c2ccc(NS(=O)(=O)Cc3ccccc3)cc2)cc1OC1Cc2ccccc2C1. The third-order valence-corrected chi connectivity index (χ3v) is 9.13. The van der Waals surface area contributed by atoms with E-state index in [1.54, 1.807) is 19.5 Å². The molecule has 0 bridgehead atoms. The largest absolute Gasteiger partial charge is 0.493 e. The summed E-state index contributed by atoms with van der Waals surface area (Å²) in [6, 6.07) is 35.5. The summed E-state index contributed by atoms with van der Waals surface area (Å²) in [6.45, 7) is 0. The Morgan fingerprint density at radius 3 is 2.09 bits per heavy atom. The van der Waals surface area contributed by atoms with Crippen molar-refractivity contribution < 1.29 is 17.9 Å². The molecule has 0 radical (unpaired) electrons. The maximum atomic E-state index is 12.8. The first kappa shape index (κ1) is 28.5. The van der Waals surface area contributed by atoms with Gasteiger partial charge in [0.2, 0.25) is 10.0 Å². The summed E-state index contributed by atoms with van der Waals surface area (Å²) in [5, 5.41) is 0. The van der Waals surface area contributed by atoms with Crippen LogP contribution in [0.3, 0.4) is 0 Å². The topological polar surface area (TPSA) is 77.5 Å². The minimum Gasteiger partial charge on any atom is -0.493 e. The van der Waals surface area contributed by atoms with Gasteiger partial charge in [-0.05, 0) is 76.2 Å². The molecule has 0 fully saturated rings. The molecule has 0 saturated heterocycles. The zero-order valence-electron chi connectivity index (χ0n) is 24.0. The fourth-order valence-corrected chi connectivity index (χ4v) is 6.96. The third-order valence-electron chi connectivity index (χ3n) is 7.87. The maximum Gasteiger partial charge on any atom is 0.236 e. The van der Waals surface area contributed by atoms with Crippen LogP contribution in [0.5, 0.6) is 11.5 Å². The number of hydrogen-bond donors (Lipinski definition) is 1. The number of aromatic nitrogens is 1. The second-order valence-electron chi connectivity index (χ2n) is 10.9. The smallest absolute Gasteiger partial charge is 0.236 e. The van der Waals surface area contributed by atoms with Crippen LogP contribution in [0.4, 0.5) is 5.69 Å². The average molecular weight is 591 g/mol. The Labute approximate surface area is 253 Å². The minimum atomic E-state index is -3.55. The number of nitrogens with zero attached hydrogens (tertiary/aromatic N) is 1. The van der Waals surface area contributed by atoms with E-state index >= 15 is 0 Å². The number of ether oxygens (including phenoxy) is 2. The van der Waals surface area contributed by atoms with Crippen molar-refractivity contribution >= 4 is 15.7 Å². The summed E-state index contributed by atoms with van der Waals surface area (Å²) in [7, 11) is -1.89. The number of anilines is 1. The number of benzene rings is 4. The normalized spacial score (nSPS) is 13.7. The van der Waals surface area contributed by atoms with Gasteiger partial charge >= 0.3 is 0 Å². The molecule has 7 heteroatoms. The highest BCUT2D eigenvalue weighted by molar-refractivity contribution is 7.91. The van der Waals surface area contributed by atoms with E-state index in [1.165, 1.54) is 11.1 Å². The molecule has 1 aromatic heterocycles. The lowest BCUT2D eigenvalue weighted by atomic mass is 9.86. The van der Waals surface area contributed by atoms with E-state index in [0.29, 0.717) is 11.4 Å². The highest BCUT2D eigenvalue weighted by atomic mass is 32.2. The van der Waals surface area contributed by atoms with E-state index in [4.69, 9.17) is 9.47 Å². The van der Waals surface area contributed by atoms with Crippen molar-refractivity contribution in [2.24, 2.45) is 0 Å². The highest BCUT2D eigenvalue weighted by Crippen LogP contribution is 2.37. The molecule has 1 aliphatic carbocycles. The van der Waals surface area contributed by atoms with Gasteiger partial charge in [-0.3, -0.25) is 9.71 Å². The van der Waals surface area contributed by atoms with E-state index in [9.17, 15) is 8.42 Å². The Bertz CT molecular complexity index is 1750. The van der Waals surface area contributed by atoms with Gasteiger partial charge < -0.3 is 9.47 Å². The van der Waals surface area contributed by atoms with Crippen molar-refractivity contribution in [1.29, 1.82) is 0 Å². The first-order chi connectivity index (χ1) is 21.0. The molecule has 0 unspecified atom stereocenters. The fraction of sp³-hybridized carbons (Fsp3) is 0.194. The second kappa shape index (κ2) is 12.7. The number of nitrogens with one attached hydrogen (secondary N) is 1. The third kappa shape index (κ3) is 7.07. The molecular weight excluding hydrogens is 556 g/mol. The van der Waals surface area contributed by atoms with E-state index in [0.717, 1.165) is 47.3 Å². The predicted octanol–water partition coefficient (Wildman–Crippen LogP) is 6.95. The van der Waals surface area contributed by atoms with Crippen molar-refractivity contribution in [3.8, 4) is 11.5 Å². The zero-order valence-corrected chi connectivity index (χ0v) is 24.8. The molecule has 5 aromatic rings. The maximum absolute atomic E-state index is 12.8.